The van der Waals surface area contributed by atoms with Gasteiger partial charge in [-0.15, -0.1) is 12.4 Å². The highest BCUT2D eigenvalue weighted by Crippen LogP contribution is 2.38. The fourth-order valence-corrected chi connectivity index (χ4v) is 2.43. The molecule has 2 atom stereocenters. The first kappa shape index (κ1) is 18.7. The zero-order valence-electron chi connectivity index (χ0n) is 11.9. The van der Waals surface area contributed by atoms with E-state index in [1.54, 1.807) is 30.3 Å². The lowest BCUT2D eigenvalue weighted by molar-refractivity contribution is -0.253. The van der Waals surface area contributed by atoms with Crippen LogP contribution in [0.4, 0.5) is 13.2 Å². The van der Waals surface area contributed by atoms with Crippen molar-refractivity contribution in [2.45, 2.75) is 30.7 Å². The highest BCUT2D eigenvalue weighted by Gasteiger charge is 2.58. The lowest BCUT2D eigenvalue weighted by atomic mass is 9.91. The Morgan fingerprint density at radius 2 is 1.86 bits per heavy atom. The smallest absolute Gasteiger partial charge is 0.379 e. The number of carbonyl (C=O) groups excluding carboxylic acids is 1. The van der Waals surface area contributed by atoms with Crippen molar-refractivity contribution in [3.8, 4) is 0 Å². The van der Waals surface area contributed by atoms with Gasteiger partial charge in [0.1, 0.15) is 5.54 Å². The number of nitrogens with two attached hydrogens (primary N) is 1. The fourth-order valence-electron chi connectivity index (χ4n) is 2.43. The Kier molecular flexibility index (Phi) is 5.16. The van der Waals surface area contributed by atoms with Crippen LogP contribution in [0.25, 0.3) is 0 Å². The Labute approximate surface area is 132 Å². The zero-order valence-corrected chi connectivity index (χ0v) is 12.7. The number of nitrogens with zero attached hydrogens (tertiary/aromatic N) is 1. The van der Waals surface area contributed by atoms with Crippen LogP contribution in [-0.4, -0.2) is 40.8 Å². The molecule has 0 radical (unpaired) electrons. The molecular weight excluding hydrogens is 321 g/mol. The Morgan fingerprint density at radius 3 is 2.32 bits per heavy atom. The molecule has 124 valence electrons. The van der Waals surface area contributed by atoms with E-state index in [4.69, 9.17) is 5.73 Å². The van der Waals surface area contributed by atoms with Gasteiger partial charge in [-0.05, 0) is 12.5 Å². The predicted molar refractivity (Wildman–Crippen MR) is 77.4 cm³/mol. The molecule has 3 N–H and O–H groups in total. The Morgan fingerprint density at radius 1 is 1.32 bits per heavy atom. The second-order valence-corrected chi connectivity index (χ2v) is 5.57. The van der Waals surface area contributed by atoms with Gasteiger partial charge in [-0.3, -0.25) is 4.79 Å². The molecule has 0 aromatic heterocycles. The van der Waals surface area contributed by atoms with E-state index in [2.05, 4.69) is 0 Å². The van der Waals surface area contributed by atoms with Crippen LogP contribution in [0.2, 0.25) is 0 Å². The zero-order chi connectivity index (χ0) is 15.9. The fraction of sp³-hybridized carbons (Fsp3) is 0.500. The third-order valence-corrected chi connectivity index (χ3v) is 3.88. The van der Waals surface area contributed by atoms with Crippen molar-refractivity contribution in [2.75, 3.05) is 13.1 Å². The number of benzene rings is 1. The van der Waals surface area contributed by atoms with Crippen LogP contribution in [0, 0.1) is 0 Å². The normalized spacial score (nSPS) is 24.5. The summed E-state index contributed by atoms with van der Waals surface area (Å²) in [5.41, 5.74) is 2.23. The number of amides is 1. The highest BCUT2D eigenvalue weighted by atomic mass is 35.5. The van der Waals surface area contributed by atoms with Crippen LogP contribution in [0.3, 0.4) is 0 Å². The van der Waals surface area contributed by atoms with Crippen LogP contribution in [0.5, 0.6) is 0 Å². The second-order valence-electron chi connectivity index (χ2n) is 5.57. The van der Waals surface area contributed by atoms with E-state index in [9.17, 15) is 23.1 Å². The van der Waals surface area contributed by atoms with Gasteiger partial charge < -0.3 is 15.7 Å². The van der Waals surface area contributed by atoms with Crippen LogP contribution < -0.4 is 5.73 Å². The molecule has 1 aliphatic heterocycles. The van der Waals surface area contributed by atoms with Gasteiger partial charge in [-0.1, -0.05) is 30.3 Å². The van der Waals surface area contributed by atoms with E-state index >= 15 is 0 Å². The predicted octanol–water partition coefficient (Wildman–Crippen LogP) is 1.81. The molecule has 1 saturated heterocycles. The van der Waals surface area contributed by atoms with Crippen LogP contribution in [-0.2, 0) is 10.3 Å². The average molecular weight is 339 g/mol. The first-order valence-electron chi connectivity index (χ1n) is 6.51. The molecule has 8 heteroatoms. The number of hydrogen-bond acceptors (Lipinski definition) is 3. The van der Waals surface area contributed by atoms with Gasteiger partial charge in [-0.2, -0.15) is 13.2 Å². The molecule has 0 bridgehead atoms. The summed E-state index contributed by atoms with van der Waals surface area (Å²) in [5.74, 6) is -0.631. The first-order valence-corrected chi connectivity index (χ1v) is 6.51. The van der Waals surface area contributed by atoms with E-state index in [1.165, 1.54) is 6.92 Å². The Balaban J connectivity index is 0.00000242. The molecule has 0 aliphatic carbocycles. The average Bonchev–Trinajstić information content (AvgIpc) is 2.82. The number of likely N-dealkylation sites (tertiary alicyclic amines) is 1. The molecule has 1 amide bonds. The van der Waals surface area contributed by atoms with E-state index in [1.807, 2.05) is 0 Å². The summed E-state index contributed by atoms with van der Waals surface area (Å²) in [7, 11) is 0. The van der Waals surface area contributed by atoms with Crippen LogP contribution >= 0.6 is 12.4 Å². The topological polar surface area (TPSA) is 66.6 Å². The van der Waals surface area contributed by atoms with E-state index in [0.717, 1.165) is 4.90 Å². The van der Waals surface area contributed by atoms with Gasteiger partial charge in [0.25, 0.3) is 0 Å². The van der Waals surface area contributed by atoms with Gasteiger partial charge in [0.05, 0.1) is 6.54 Å². The van der Waals surface area contributed by atoms with Crippen LogP contribution in [0.15, 0.2) is 30.3 Å². The van der Waals surface area contributed by atoms with Gasteiger partial charge in [-0.25, -0.2) is 0 Å². The van der Waals surface area contributed by atoms with Gasteiger partial charge in [0, 0.05) is 13.0 Å². The number of hydrogen-bond donors (Lipinski definition) is 2. The van der Waals surface area contributed by atoms with Gasteiger partial charge in [0.2, 0.25) is 5.91 Å². The minimum absolute atomic E-state index is 0. The maximum absolute atomic E-state index is 12.8. The van der Waals surface area contributed by atoms with Crippen LogP contribution in [0.1, 0.15) is 18.9 Å². The molecule has 1 fully saturated rings. The van der Waals surface area contributed by atoms with Crippen molar-refractivity contribution in [3.05, 3.63) is 35.9 Å². The summed E-state index contributed by atoms with van der Waals surface area (Å²) in [5, 5.41) is 9.62. The summed E-state index contributed by atoms with van der Waals surface area (Å²) < 4.78 is 38.3. The van der Waals surface area contributed by atoms with Crippen molar-refractivity contribution in [2.24, 2.45) is 5.73 Å². The van der Waals surface area contributed by atoms with Gasteiger partial charge in [0.15, 0.2) is 5.60 Å². The highest BCUT2D eigenvalue weighted by molar-refractivity contribution is 5.87. The lowest BCUT2D eigenvalue weighted by Crippen LogP contribution is -2.53. The summed E-state index contributed by atoms with van der Waals surface area (Å²) >= 11 is 0. The van der Waals surface area contributed by atoms with Crippen molar-refractivity contribution in [1.29, 1.82) is 0 Å². The van der Waals surface area contributed by atoms with E-state index in [-0.39, 0.29) is 19.0 Å². The van der Waals surface area contributed by atoms with Crippen molar-refractivity contribution in [1.82, 2.24) is 4.90 Å². The molecule has 1 aromatic rings. The first-order chi connectivity index (χ1) is 9.58. The van der Waals surface area contributed by atoms with E-state index < -0.39 is 36.2 Å². The Bertz CT molecular complexity index is 537. The molecule has 4 nitrogen and oxygen atoms in total. The molecule has 2 rings (SSSR count). The number of alkyl halides is 3. The van der Waals surface area contributed by atoms with Gasteiger partial charge >= 0.3 is 6.18 Å². The molecular formula is C14H18ClF3N2O2. The summed E-state index contributed by atoms with van der Waals surface area (Å²) in [4.78, 5) is 13.4. The second kappa shape index (κ2) is 6.06. The SMILES string of the molecule is CC(N)(C(=O)N1CCC(O)(C(F)(F)F)C1)c1ccccc1.Cl. The molecule has 1 aromatic carbocycles. The summed E-state index contributed by atoms with van der Waals surface area (Å²) in [6.07, 6.45) is -5.30. The largest absolute Gasteiger partial charge is 0.419 e. The van der Waals surface area contributed by atoms with E-state index in [0.29, 0.717) is 5.56 Å². The minimum atomic E-state index is -4.76. The number of carbonyl (C=O) groups is 1. The number of β-amino-alcohol motifs (C(OH)–C–C–N with tert-alkyl or cyclic N) is 1. The summed E-state index contributed by atoms with van der Waals surface area (Å²) in [6, 6.07) is 8.43. The summed E-state index contributed by atoms with van der Waals surface area (Å²) in [6.45, 7) is 0.499. The third kappa shape index (κ3) is 3.21. The maximum Gasteiger partial charge on any atom is 0.419 e. The van der Waals surface area contributed by atoms with Crippen molar-refractivity contribution in [3.63, 3.8) is 0 Å². The molecule has 0 saturated carbocycles. The number of rotatable bonds is 2. The monoisotopic (exact) mass is 338 g/mol. The molecule has 1 aliphatic rings. The molecule has 1 heterocycles. The number of aliphatic hydroxyl groups is 1. The lowest BCUT2D eigenvalue weighted by Gasteiger charge is -2.31. The maximum atomic E-state index is 12.8. The molecule has 22 heavy (non-hydrogen) atoms. The third-order valence-electron chi connectivity index (χ3n) is 3.88. The number of halogens is 4. The quantitative estimate of drug-likeness (QED) is 0.864. The minimum Gasteiger partial charge on any atom is -0.379 e. The molecule has 0 spiro atoms. The van der Waals surface area contributed by atoms with Crippen molar-refractivity contribution >= 4 is 18.3 Å². The Hall–Kier alpha value is -1.31. The van der Waals surface area contributed by atoms with Crippen molar-refractivity contribution < 1.29 is 23.1 Å². The standard InChI is InChI=1S/C14H17F3N2O2.ClH/c1-12(18,10-5-3-2-4-6-10)11(20)19-8-7-13(21,9-19)14(15,16)17;/h2-6,21H,7-9,18H2,1H3;1H. The molecule has 2 unspecified atom stereocenters.